The lowest BCUT2D eigenvalue weighted by atomic mass is 9.74. The van der Waals surface area contributed by atoms with E-state index in [1.54, 1.807) is 24.3 Å². The molecule has 0 aliphatic rings. The van der Waals surface area contributed by atoms with Crippen molar-refractivity contribution in [1.29, 1.82) is 10.5 Å². The molecule has 0 aliphatic heterocycles. The highest BCUT2D eigenvalue weighted by atomic mass is 35.5. The number of hydrogen-bond donors (Lipinski definition) is 0. The van der Waals surface area contributed by atoms with Crippen LogP contribution in [0.1, 0.15) is 61.1 Å². The van der Waals surface area contributed by atoms with Crippen LogP contribution in [0.25, 0.3) is 0 Å². The second-order valence-electron chi connectivity index (χ2n) is 14.8. The van der Waals surface area contributed by atoms with Crippen LogP contribution < -0.4 is 9.47 Å². The number of rotatable bonds is 14. The van der Waals surface area contributed by atoms with Gasteiger partial charge < -0.3 is 14.2 Å². The monoisotopic (exact) mass is 764 g/mol. The fourth-order valence-corrected chi connectivity index (χ4v) is 6.89. The fraction of sp³-hybridized carbons (Fsp3) is 0.208. The second kappa shape index (κ2) is 17.3. The van der Waals surface area contributed by atoms with E-state index in [1.165, 1.54) is 0 Å². The van der Waals surface area contributed by atoms with Crippen LogP contribution in [0.15, 0.2) is 146 Å². The largest absolute Gasteiger partial charge is 0.457 e. The predicted molar refractivity (Wildman–Crippen MR) is 220 cm³/mol. The standard InChI is InChI=1S/C48H42Cl2N2O3/c1-47(2,37-15-11-33(31-51)12-16-37)45(29-35-7-5-9-43(27-35)53-41-23-19-39(49)20-24-41)55-46(48(3,4)38-17-13-34(32-52)14-18-38)30-36-8-6-10-44(28-36)54-42-25-21-40(50)22-26-42/h5-28,45-46H,29-30H2,1-4H3. The number of halogens is 2. The lowest BCUT2D eigenvalue weighted by Crippen LogP contribution is -2.46. The minimum Gasteiger partial charge on any atom is -0.457 e. The number of nitriles is 2. The van der Waals surface area contributed by atoms with Crippen LogP contribution in [0.3, 0.4) is 0 Å². The van der Waals surface area contributed by atoms with Crippen molar-refractivity contribution in [2.75, 3.05) is 0 Å². The van der Waals surface area contributed by atoms with E-state index in [0.717, 1.165) is 22.3 Å². The molecule has 0 radical (unpaired) electrons. The van der Waals surface area contributed by atoms with Crippen molar-refractivity contribution in [3.8, 4) is 35.1 Å². The summed E-state index contributed by atoms with van der Waals surface area (Å²) in [5.41, 5.74) is 4.41. The average molecular weight is 766 g/mol. The normalized spacial score (nSPS) is 12.6. The first-order valence-corrected chi connectivity index (χ1v) is 18.9. The van der Waals surface area contributed by atoms with Crippen molar-refractivity contribution in [2.45, 2.75) is 63.6 Å². The maximum atomic E-state index is 9.56. The third kappa shape index (κ3) is 9.96. The second-order valence-corrected chi connectivity index (χ2v) is 15.6. The molecule has 0 N–H and O–H groups in total. The molecule has 0 saturated carbocycles. The van der Waals surface area contributed by atoms with Crippen molar-refractivity contribution >= 4 is 23.2 Å². The maximum Gasteiger partial charge on any atom is 0.127 e. The molecule has 276 valence electrons. The van der Waals surface area contributed by atoms with Crippen molar-refractivity contribution in [3.05, 3.63) is 189 Å². The Morgan fingerprint density at radius 2 is 0.855 bits per heavy atom. The third-order valence-electron chi connectivity index (χ3n) is 10.2. The summed E-state index contributed by atoms with van der Waals surface area (Å²) >= 11 is 12.2. The van der Waals surface area contributed by atoms with Crippen LogP contribution in [0.4, 0.5) is 0 Å². The molecule has 2 atom stereocenters. The molecule has 5 nitrogen and oxygen atoms in total. The molecular formula is C48H42Cl2N2O3. The van der Waals surface area contributed by atoms with Gasteiger partial charge in [0.25, 0.3) is 0 Å². The molecule has 6 aromatic carbocycles. The van der Waals surface area contributed by atoms with E-state index in [1.807, 2.05) is 97.1 Å². The minimum atomic E-state index is -0.500. The summed E-state index contributed by atoms with van der Waals surface area (Å²) in [6.45, 7) is 8.78. The molecular weight excluding hydrogens is 723 g/mol. The van der Waals surface area contributed by atoms with Crippen LogP contribution in [0.2, 0.25) is 10.0 Å². The van der Waals surface area contributed by atoms with Crippen molar-refractivity contribution < 1.29 is 14.2 Å². The quantitative estimate of drug-likeness (QED) is 0.110. The first-order valence-electron chi connectivity index (χ1n) is 18.1. The van der Waals surface area contributed by atoms with E-state index in [9.17, 15) is 10.5 Å². The summed E-state index contributed by atoms with van der Waals surface area (Å²) < 4.78 is 20.0. The molecule has 0 spiro atoms. The van der Waals surface area contributed by atoms with E-state index in [2.05, 4.69) is 64.1 Å². The van der Waals surface area contributed by atoms with E-state index >= 15 is 0 Å². The summed E-state index contributed by atoms with van der Waals surface area (Å²) in [6.07, 6.45) is 0.486. The predicted octanol–water partition coefficient (Wildman–Crippen LogP) is 12.8. The zero-order valence-corrected chi connectivity index (χ0v) is 32.8. The van der Waals surface area contributed by atoms with Gasteiger partial charge in [-0.25, -0.2) is 0 Å². The van der Waals surface area contributed by atoms with Gasteiger partial charge in [0, 0.05) is 20.9 Å². The molecule has 0 heterocycles. The molecule has 0 amide bonds. The zero-order valence-electron chi connectivity index (χ0n) is 31.3. The summed E-state index contributed by atoms with van der Waals surface area (Å²) in [5, 5.41) is 20.4. The molecule has 0 aromatic heterocycles. The Kier molecular flexibility index (Phi) is 12.3. The Hall–Kier alpha value is -5.56. The Morgan fingerprint density at radius 3 is 1.20 bits per heavy atom. The van der Waals surface area contributed by atoms with Crippen LogP contribution >= 0.6 is 23.2 Å². The van der Waals surface area contributed by atoms with Gasteiger partial charge in [-0.1, -0.05) is 99.4 Å². The fourth-order valence-electron chi connectivity index (χ4n) is 6.64. The van der Waals surface area contributed by atoms with E-state index < -0.39 is 10.8 Å². The first kappa shape index (κ1) is 39.1. The Bertz CT molecular complexity index is 2120. The SMILES string of the molecule is CC(C)(c1ccc(C#N)cc1)C(Cc1cccc(Oc2ccc(Cl)cc2)c1)OC(Cc1cccc(Oc2ccc(Cl)cc2)c1)C(C)(C)c1ccc(C#N)cc1. The van der Waals surface area contributed by atoms with Crippen molar-refractivity contribution in [2.24, 2.45) is 0 Å². The number of ether oxygens (including phenoxy) is 3. The first-order chi connectivity index (χ1) is 26.4. The summed E-state index contributed by atoms with van der Waals surface area (Å²) in [6, 6.07) is 50.8. The van der Waals surface area contributed by atoms with Crippen molar-refractivity contribution in [3.63, 3.8) is 0 Å². The van der Waals surface area contributed by atoms with Gasteiger partial charge >= 0.3 is 0 Å². The van der Waals surface area contributed by atoms with Gasteiger partial charge in [0.05, 0.1) is 35.5 Å². The van der Waals surface area contributed by atoms with E-state index in [-0.39, 0.29) is 12.2 Å². The van der Waals surface area contributed by atoms with Gasteiger partial charge in [-0.15, -0.1) is 0 Å². The highest BCUT2D eigenvalue weighted by Crippen LogP contribution is 2.39. The van der Waals surface area contributed by atoms with Gasteiger partial charge in [-0.3, -0.25) is 0 Å². The smallest absolute Gasteiger partial charge is 0.127 e. The molecule has 0 bridgehead atoms. The third-order valence-corrected chi connectivity index (χ3v) is 10.7. The maximum absolute atomic E-state index is 9.56. The van der Waals surface area contributed by atoms with Gasteiger partial charge in [-0.2, -0.15) is 10.5 Å². The highest BCUT2D eigenvalue weighted by Gasteiger charge is 2.40. The Balaban J connectivity index is 1.38. The minimum absolute atomic E-state index is 0.331. The molecule has 55 heavy (non-hydrogen) atoms. The zero-order chi connectivity index (χ0) is 39.0. The number of hydrogen-bond acceptors (Lipinski definition) is 5. The molecule has 7 heteroatoms. The molecule has 0 aliphatic carbocycles. The lowest BCUT2D eigenvalue weighted by Gasteiger charge is -2.43. The average Bonchev–Trinajstić information content (AvgIpc) is 3.19. The van der Waals surface area contributed by atoms with Gasteiger partial charge in [0.1, 0.15) is 23.0 Å². The lowest BCUT2D eigenvalue weighted by molar-refractivity contribution is -0.0753. The van der Waals surface area contributed by atoms with Crippen LogP contribution in [0, 0.1) is 22.7 Å². The highest BCUT2D eigenvalue weighted by molar-refractivity contribution is 6.30. The van der Waals surface area contributed by atoms with Crippen LogP contribution in [-0.2, 0) is 28.4 Å². The Labute approximate surface area is 334 Å². The summed E-state index contributed by atoms with van der Waals surface area (Å²) in [4.78, 5) is 0. The molecule has 6 rings (SSSR count). The van der Waals surface area contributed by atoms with Crippen LogP contribution in [0.5, 0.6) is 23.0 Å². The van der Waals surface area contributed by atoms with Gasteiger partial charge in [-0.05, 0) is 132 Å². The van der Waals surface area contributed by atoms with Crippen molar-refractivity contribution in [1.82, 2.24) is 0 Å². The molecule has 0 saturated heterocycles. The van der Waals surface area contributed by atoms with E-state index in [4.69, 9.17) is 37.4 Å². The van der Waals surface area contributed by atoms with Gasteiger partial charge in [0.2, 0.25) is 0 Å². The summed E-state index contributed by atoms with van der Waals surface area (Å²) in [7, 11) is 0. The van der Waals surface area contributed by atoms with Crippen LogP contribution in [-0.4, -0.2) is 12.2 Å². The number of nitrogens with zero attached hydrogens (tertiary/aromatic N) is 2. The topological polar surface area (TPSA) is 75.3 Å². The Morgan fingerprint density at radius 1 is 0.491 bits per heavy atom. The molecule has 6 aromatic rings. The number of benzene rings is 6. The van der Waals surface area contributed by atoms with E-state index in [0.29, 0.717) is 57.0 Å². The molecule has 0 fully saturated rings. The molecule has 2 unspecified atom stereocenters. The summed E-state index contributed by atoms with van der Waals surface area (Å²) in [5.74, 6) is 2.81. The van der Waals surface area contributed by atoms with Gasteiger partial charge in [0.15, 0.2) is 0 Å².